The lowest BCUT2D eigenvalue weighted by molar-refractivity contribution is -0.132. The predicted molar refractivity (Wildman–Crippen MR) is 52.3 cm³/mol. The fraction of sp³-hybridized carbons (Fsp3) is 0.800. The quantitative estimate of drug-likeness (QED) is 0.619. The molecule has 13 heavy (non-hydrogen) atoms. The molecule has 0 unspecified atom stereocenters. The van der Waals surface area contributed by atoms with Crippen LogP contribution >= 0.6 is 0 Å². The van der Waals surface area contributed by atoms with Crippen LogP contribution in [0.1, 0.15) is 27.7 Å². The normalized spacial score (nSPS) is 15.2. The van der Waals surface area contributed by atoms with Crippen molar-refractivity contribution in [2.75, 3.05) is 7.05 Å². The molecule has 0 saturated carbocycles. The second-order valence-electron chi connectivity index (χ2n) is 3.86. The average molecular weight is 185 g/mol. The van der Waals surface area contributed by atoms with Crippen LogP contribution in [0.2, 0.25) is 0 Å². The van der Waals surface area contributed by atoms with Crippen LogP contribution in [0.5, 0.6) is 0 Å². The van der Waals surface area contributed by atoms with E-state index in [1.807, 2.05) is 20.8 Å². The van der Waals surface area contributed by atoms with Crippen molar-refractivity contribution in [2.45, 2.75) is 33.7 Å². The Morgan fingerprint density at radius 1 is 1.31 bits per heavy atom. The lowest BCUT2D eigenvalue weighted by atomic mass is 9.91. The Labute approximate surface area is 80.1 Å². The third kappa shape index (κ3) is 3.17. The highest BCUT2D eigenvalue weighted by molar-refractivity contribution is 5.74. The molecule has 0 N–H and O–H groups in total. The van der Waals surface area contributed by atoms with Crippen molar-refractivity contribution in [2.24, 2.45) is 11.8 Å². The zero-order valence-corrected chi connectivity index (χ0v) is 9.07. The molecule has 76 valence electrons. The molecular formula is C10H19NO2. The van der Waals surface area contributed by atoms with Crippen LogP contribution in [0, 0.1) is 11.8 Å². The summed E-state index contributed by atoms with van der Waals surface area (Å²) in [6.45, 7) is 7.40. The molecule has 0 spiro atoms. The molecule has 3 nitrogen and oxygen atoms in total. The summed E-state index contributed by atoms with van der Waals surface area (Å²) in [5.74, 6) is 0.204. The predicted octanol–water partition coefficient (Wildman–Crippen LogP) is 1.32. The van der Waals surface area contributed by atoms with E-state index in [2.05, 4.69) is 0 Å². The summed E-state index contributed by atoms with van der Waals surface area (Å²) in [7, 11) is 1.74. The smallest absolute Gasteiger partial charge is 0.219 e. The van der Waals surface area contributed by atoms with Crippen LogP contribution in [-0.2, 0) is 9.59 Å². The van der Waals surface area contributed by atoms with Crippen LogP contribution in [0.4, 0.5) is 0 Å². The van der Waals surface area contributed by atoms with Gasteiger partial charge in [-0.05, 0) is 5.92 Å². The van der Waals surface area contributed by atoms with Gasteiger partial charge in [-0.3, -0.25) is 4.79 Å². The molecule has 0 rings (SSSR count). The molecule has 0 aromatic rings. The zero-order chi connectivity index (χ0) is 10.6. The second kappa shape index (κ2) is 5.00. The Balaban J connectivity index is 4.59. The molecule has 0 aliphatic heterocycles. The number of amides is 1. The number of carbonyl (C=O) groups excluding carboxylic acids is 2. The van der Waals surface area contributed by atoms with Gasteiger partial charge in [0.25, 0.3) is 0 Å². The van der Waals surface area contributed by atoms with E-state index >= 15 is 0 Å². The van der Waals surface area contributed by atoms with Gasteiger partial charge in [-0.2, -0.15) is 0 Å². The van der Waals surface area contributed by atoms with Gasteiger partial charge in [-0.25, -0.2) is 0 Å². The highest BCUT2D eigenvalue weighted by atomic mass is 16.2. The van der Waals surface area contributed by atoms with E-state index in [0.717, 1.165) is 6.29 Å². The minimum atomic E-state index is -0.103. The van der Waals surface area contributed by atoms with Gasteiger partial charge >= 0.3 is 0 Å². The Hall–Kier alpha value is -0.860. The molecule has 0 aromatic heterocycles. The van der Waals surface area contributed by atoms with Gasteiger partial charge < -0.3 is 9.69 Å². The van der Waals surface area contributed by atoms with E-state index in [0.29, 0.717) is 5.92 Å². The number of aldehydes is 1. The summed E-state index contributed by atoms with van der Waals surface area (Å²) < 4.78 is 0. The van der Waals surface area contributed by atoms with Crippen LogP contribution in [-0.4, -0.2) is 30.2 Å². The largest absolute Gasteiger partial charge is 0.342 e. The fourth-order valence-corrected chi connectivity index (χ4v) is 1.70. The molecule has 0 saturated heterocycles. The maximum absolute atomic E-state index is 11.1. The van der Waals surface area contributed by atoms with Crippen molar-refractivity contribution >= 4 is 12.2 Å². The molecule has 1 amide bonds. The van der Waals surface area contributed by atoms with Gasteiger partial charge in [0.2, 0.25) is 5.91 Å². The molecule has 0 fully saturated rings. The topological polar surface area (TPSA) is 37.4 Å². The monoisotopic (exact) mass is 185 g/mol. The van der Waals surface area contributed by atoms with Crippen LogP contribution < -0.4 is 0 Å². The van der Waals surface area contributed by atoms with E-state index in [-0.39, 0.29) is 17.9 Å². The first-order valence-corrected chi connectivity index (χ1v) is 4.60. The summed E-state index contributed by atoms with van der Waals surface area (Å²) in [4.78, 5) is 23.4. The Morgan fingerprint density at radius 2 is 1.77 bits per heavy atom. The number of nitrogens with zero attached hydrogens (tertiary/aromatic N) is 1. The van der Waals surface area contributed by atoms with Crippen molar-refractivity contribution in [3.8, 4) is 0 Å². The standard InChI is InChI=1S/C10H19NO2/c1-7(2)10(8(3)6-12)11(5)9(4)13/h6-8,10H,1-5H3/t8-,10-/m0/s1. The maximum atomic E-state index is 11.1. The van der Waals surface area contributed by atoms with Crippen LogP contribution in [0.25, 0.3) is 0 Å². The van der Waals surface area contributed by atoms with Crippen molar-refractivity contribution in [1.82, 2.24) is 4.90 Å². The van der Waals surface area contributed by atoms with E-state index in [9.17, 15) is 9.59 Å². The van der Waals surface area contributed by atoms with Crippen LogP contribution in [0.15, 0.2) is 0 Å². The molecule has 0 aliphatic rings. The molecule has 0 heterocycles. The van der Waals surface area contributed by atoms with Gasteiger partial charge in [-0.1, -0.05) is 20.8 Å². The molecule has 0 aromatic carbocycles. The summed E-state index contributed by atoms with van der Waals surface area (Å²) in [6, 6.07) is 0.00926. The highest BCUT2D eigenvalue weighted by Gasteiger charge is 2.25. The third-order valence-electron chi connectivity index (χ3n) is 2.38. The van der Waals surface area contributed by atoms with E-state index in [1.165, 1.54) is 6.92 Å². The Kier molecular flexibility index (Phi) is 4.67. The highest BCUT2D eigenvalue weighted by Crippen LogP contribution is 2.16. The van der Waals surface area contributed by atoms with Crippen molar-refractivity contribution in [1.29, 1.82) is 0 Å². The first-order valence-electron chi connectivity index (χ1n) is 4.60. The van der Waals surface area contributed by atoms with Crippen LogP contribution in [0.3, 0.4) is 0 Å². The fourth-order valence-electron chi connectivity index (χ4n) is 1.70. The van der Waals surface area contributed by atoms with E-state index in [4.69, 9.17) is 0 Å². The molecule has 2 atom stereocenters. The third-order valence-corrected chi connectivity index (χ3v) is 2.38. The second-order valence-corrected chi connectivity index (χ2v) is 3.86. The number of hydrogen-bond acceptors (Lipinski definition) is 2. The molecule has 3 heteroatoms. The average Bonchev–Trinajstić information content (AvgIpc) is 2.03. The molecular weight excluding hydrogens is 166 g/mol. The Morgan fingerprint density at radius 3 is 2.00 bits per heavy atom. The van der Waals surface area contributed by atoms with Gasteiger partial charge in [0.15, 0.2) is 0 Å². The van der Waals surface area contributed by atoms with Gasteiger partial charge in [0.1, 0.15) is 6.29 Å². The SMILES string of the molecule is CC(=O)N(C)[C@@H](C(C)C)[C@@H](C)C=O. The lowest BCUT2D eigenvalue weighted by Gasteiger charge is -2.32. The molecule has 0 radical (unpaired) electrons. The summed E-state index contributed by atoms with van der Waals surface area (Å²) in [5.41, 5.74) is 0. The minimum Gasteiger partial charge on any atom is -0.342 e. The number of carbonyl (C=O) groups is 2. The van der Waals surface area contributed by atoms with E-state index < -0.39 is 0 Å². The van der Waals surface area contributed by atoms with Crippen molar-refractivity contribution in [3.05, 3.63) is 0 Å². The molecule has 0 aliphatic carbocycles. The van der Waals surface area contributed by atoms with Crippen molar-refractivity contribution in [3.63, 3.8) is 0 Å². The van der Waals surface area contributed by atoms with E-state index in [1.54, 1.807) is 11.9 Å². The zero-order valence-electron chi connectivity index (χ0n) is 9.07. The summed E-state index contributed by atoms with van der Waals surface area (Å²) >= 11 is 0. The van der Waals surface area contributed by atoms with Gasteiger partial charge in [0.05, 0.1) is 0 Å². The Bertz CT molecular complexity index is 189. The van der Waals surface area contributed by atoms with Crippen molar-refractivity contribution < 1.29 is 9.59 Å². The number of rotatable bonds is 4. The minimum absolute atomic E-state index is 0.00685. The summed E-state index contributed by atoms with van der Waals surface area (Å²) in [5, 5.41) is 0. The lowest BCUT2D eigenvalue weighted by Crippen LogP contribution is -2.43. The van der Waals surface area contributed by atoms with Gasteiger partial charge in [0, 0.05) is 25.9 Å². The first kappa shape index (κ1) is 12.1. The number of hydrogen-bond donors (Lipinski definition) is 0. The summed E-state index contributed by atoms with van der Waals surface area (Å²) in [6.07, 6.45) is 0.907. The van der Waals surface area contributed by atoms with Gasteiger partial charge in [-0.15, -0.1) is 0 Å². The first-order chi connectivity index (χ1) is 5.91. The molecule has 0 bridgehead atoms. The maximum Gasteiger partial charge on any atom is 0.219 e.